The third-order valence-electron chi connectivity index (χ3n) is 3.65. The molecule has 0 aromatic carbocycles. The predicted octanol–water partition coefficient (Wildman–Crippen LogP) is 2.78. The summed E-state index contributed by atoms with van der Waals surface area (Å²) >= 11 is 0. The van der Waals surface area contributed by atoms with Crippen molar-refractivity contribution < 1.29 is 4.52 Å². The quantitative estimate of drug-likeness (QED) is 0.776. The molecule has 0 aliphatic rings. The Hall–Kier alpha value is -2.54. The van der Waals surface area contributed by atoms with Gasteiger partial charge in [0.15, 0.2) is 0 Å². The lowest BCUT2D eigenvalue weighted by atomic mass is 9.92. The van der Waals surface area contributed by atoms with Crippen LogP contribution in [0.1, 0.15) is 38.0 Å². The summed E-state index contributed by atoms with van der Waals surface area (Å²) in [7, 11) is 2.01. The summed E-state index contributed by atoms with van der Waals surface area (Å²) in [5.74, 6) is 1.16. The van der Waals surface area contributed by atoms with Crippen LogP contribution >= 0.6 is 0 Å². The molecule has 24 heavy (non-hydrogen) atoms. The normalized spacial score (nSPS) is 12.0. The Bertz CT molecular complexity index is 787. The lowest BCUT2D eigenvalue weighted by Gasteiger charge is -2.14. The molecule has 3 heterocycles. The van der Waals surface area contributed by atoms with Gasteiger partial charge in [-0.25, -0.2) is 0 Å². The first-order valence-electron chi connectivity index (χ1n) is 7.88. The van der Waals surface area contributed by atoms with Gasteiger partial charge in [0, 0.05) is 35.6 Å². The molecule has 0 saturated heterocycles. The van der Waals surface area contributed by atoms with Crippen molar-refractivity contribution >= 4 is 0 Å². The number of pyridine rings is 1. The van der Waals surface area contributed by atoms with E-state index in [0.717, 1.165) is 23.5 Å². The number of H-pyrrole nitrogens is 1. The summed E-state index contributed by atoms with van der Waals surface area (Å²) in [4.78, 5) is 10.5. The molecule has 126 valence electrons. The topological polar surface area (TPSA) is 83.7 Å². The monoisotopic (exact) mass is 326 g/mol. The van der Waals surface area contributed by atoms with Crippen molar-refractivity contribution in [1.82, 2.24) is 30.2 Å². The molecule has 3 aromatic rings. The summed E-state index contributed by atoms with van der Waals surface area (Å²) in [6.45, 7) is 7.75. The Morgan fingerprint density at radius 3 is 2.58 bits per heavy atom. The zero-order valence-electron chi connectivity index (χ0n) is 14.4. The van der Waals surface area contributed by atoms with E-state index in [9.17, 15) is 0 Å². The van der Waals surface area contributed by atoms with Gasteiger partial charge in [-0.05, 0) is 25.2 Å². The number of rotatable bonds is 5. The summed E-state index contributed by atoms with van der Waals surface area (Å²) in [5.41, 5.74) is 3.06. The zero-order chi connectivity index (χ0) is 17.2. The number of aromatic nitrogens is 5. The van der Waals surface area contributed by atoms with E-state index in [4.69, 9.17) is 4.52 Å². The average molecular weight is 326 g/mol. The Morgan fingerprint density at radius 1 is 1.17 bits per heavy atom. The maximum absolute atomic E-state index is 5.34. The van der Waals surface area contributed by atoms with Crippen molar-refractivity contribution in [3.05, 3.63) is 47.9 Å². The molecule has 0 radical (unpaired) electrons. The van der Waals surface area contributed by atoms with Crippen molar-refractivity contribution in [3.63, 3.8) is 0 Å². The third kappa shape index (κ3) is 3.86. The van der Waals surface area contributed by atoms with Crippen molar-refractivity contribution in [2.75, 3.05) is 7.05 Å². The average Bonchev–Trinajstić information content (AvgIpc) is 3.17. The van der Waals surface area contributed by atoms with Crippen LogP contribution in [-0.2, 0) is 18.5 Å². The van der Waals surface area contributed by atoms with Crippen LogP contribution in [0.15, 0.2) is 35.1 Å². The first kappa shape index (κ1) is 16.3. The summed E-state index contributed by atoms with van der Waals surface area (Å²) in [6, 6.07) is 5.82. The molecule has 7 nitrogen and oxygen atoms in total. The summed E-state index contributed by atoms with van der Waals surface area (Å²) in [6.07, 6.45) is 3.42. The number of aromatic amines is 1. The fraction of sp³-hybridized carbons (Fsp3) is 0.412. The van der Waals surface area contributed by atoms with Gasteiger partial charge in [0.25, 0.3) is 0 Å². The van der Waals surface area contributed by atoms with Crippen molar-refractivity contribution in [2.24, 2.45) is 0 Å². The number of nitrogens with zero attached hydrogens (tertiary/aromatic N) is 5. The highest BCUT2D eigenvalue weighted by atomic mass is 16.5. The number of nitrogens with one attached hydrogen (secondary N) is 1. The van der Waals surface area contributed by atoms with Gasteiger partial charge in [-0.1, -0.05) is 25.9 Å². The summed E-state index contributed by atoms with van der Waals surface area (Å²) < 4.78 is 5.34. The van der Waals surface area contributed by atoms with Gasteiger partial charge >= 0.3 is 0 Å². The molecule has 0 fully saturated rings. The minimum absolute atomic E-state index is 0.0409. The molecule has 3 rings (SSSR count). The Labute approximate surface area is 141 Å². The molecule has 3 aromatic heterocycles. The van der Waals surface area contributed by atoms with Crippen molar-refractivity contribution in [3.8, 4) is 11.4 Å². The predicted molar refractivity (Wildman–Crippen MR) is 90.0 cm³/mol. The molecule has 0 aliphatic carbocycles. The van der Waals surface area contributed by atoms with Crippen molar-refractivity contribution in [2.45, 2.75) is 39.3 Å². The molecule has 0 spiro atoms. The van der Waals surface area contributed by atoms with Crippen LogP contribution in [0.25, 0.3) is 11.4 Å². The third-order valence-corrected chi connectivity index (χ3v) is 3.65. The van der Waals surface area contributed by atoms with Gasteiger partial charge in [-0.2, -0.15) is 10.1 Å². The van der Waals surface area contributed by atoms with Crippen LogP contribution in [0, 0.1) is 0 Å². The van der Waals surface area contributed by atoms with Gasteiger partial charge in [-0.3, -0.25) is 15.0 Å². The smallest absolute Gasteiger partial charge is 0.241 e. The van der Waals surface area contributed by atoms with E-state index < -0.39 is 0 Å². The largest absolute Gasteiger partial charge is 0.338 e. The first-order chi connectivity index (χ1) is 11.4. The lowest BCUT2D eigenvalue weighted by molar-refractivity contribution is 0.258. The second kappa shape index (κ2) is 6.52. The van der Waals surface area contributed by atoms with Crippen LogP contribution in [0.3, 0.4) is 0 Å². The standard InChI is InChI=1S/C17H22N6O/c1-17(2,3)14-9-13(20-21-14)10-23(4)11-15-19-16(22-24-15)12-5-7-18-8-6-12/h5-9H,10-11H2,1-4H3,(H,20,21). The molecule has 0 saturated carbocycles. The highest BCUT2D eigenvalue weighted by molar-refractivity contribution is 5.52. The maximum Gasteiger partial charge on any atom is 0.241 e. The number of hydrogen-bond acceptors (Lipinski definition) is 6. The second-order valence-electron chi connectivity index (χ2n) is 6.95. The highest BCUT2D eigenvalue weighted by Crippen LogP contribution is 2.21. The van der Waals surface area contributed by atoms with Crippen LogP contribution in [0.5, 0.6) is 0 Å². The maximum atomic E-state index is 5.34. The van der Waals surface area contributed by atoms with E-state index >= 15 is 0 Å². The number of hydrogen-bond donors (Lipinski definition) is 1. The minimum Gasteiger partial charge on any atom is -0.338 e. The van der Waals surface area contributed by atoms with E-state index in [1.807, 2.05) is 19.2 Å². The van der Waals surface area contributed by atoms with Crippen LogP contribution < -0.4 is 0 Å². The molecule has 0 aliphatic heterocycles. The van der Waals surface area contributed by atoms with E-state index in [2.05, 4.69) is 57.1 Å². The molecule has 1 N–H and O–H groups in total. The fourth-order valence-electron chi connectivity index (χ4n) is 2.34. The van der Waals surface area contributed by atoms with Crippen LogP contribution in [-0.4, -0.2) is 37.3 Å². The lowest BCUT2D eigenvalue weighted by Crippen LogP contribution is -2.17. The fourth-order valence-corrected chi connectivity index (χ4v) is 2.34. The molecule has 0 amide bonds. The van der Waals surface area contributed by atoms with Gasteiger partial charge in [-0.15, -0.1) is 0 Å². The van der Waals surface area contributed by atoms with Crippen LogP contribution in [0.2, 0.25) is 0 Å². The minimum atomic E-state index is 0.0409. The molecule has 7 heteroatoms. The Morgan fingerprint density at radius 2 is 1.92 bits per heavy atom. The van der Waals surface area contributed by atoms with E-state index in [0.29, 0.717) is 18.3 Å². The van der Waals surface area contributed by atoms with E-state index in [1.54, 1.807) is 12.4 Å². The first-order valence-corrected chi connectivity index (χ1v) is 7.88. The van der Waals surface area contributed by atoms with Gasteiger partial charge in [0.05, 0.1) is 12.2 Å². The van der Waals surface area contributed by atoms with Gasteiger partial charge in [0.2, 0.25) is 11.7 Å². The second-order valence-corrected chi connectivity index (χ2v) is 6.95. The van der Waals surface area contributed by atoms with Crippen LogP contribution in [0.4, 0.5) is 0 Å². The SMILES string of the molecule is CN(Cc1cc(C(C)(C)C)n[nH]1)Cc1nc(-c2ccncc2)no1. The van der Waals surface area contributed by atoms with E-state index in [1.165, 1.54) is 0 Å². The summed E-state index contributed by atoms with van der Waals surface area (Å²) in [5, 5.41) is 11.5. The van der Waals surface area contributed by atoms with Gasteiger partial charge in [0.1, 0.15) is 0 Å². The van der Waals surface area contributed by atoms with Crippen molar-refractivity contribution in [1.29, 1.82) is 0 Å². The molecular formula is C17H22N6O. The Kier molecular flexibility index (Phi) is 4.44. The highest BCUT2D eigenvalue weighted by Gasteiger charge is 2.18. The van der Waals surface area contributed by atoms with Gasteiger partial charge < -0.3 is 4.52 Å². The Balaban J connectivity index is 1.62. The molecular weight excluding hydrogens is 304 g/mol. The molecule has 0 unspecified atom stereocenters. The molecule has 0 bridgehead atoms. The van der Waals surface area contributed by atoms with E-state index in [-0.39, 0.29) is 5.41 Å². The molecule has 0 atom stereocenters. The zero-order valence-corrected chi connectivity index (χ0v) is 14.4.